The molecule has 4 nitrogen and oxygen atoms in total. The molecule has 0 fully saturated rings. The van der Waals surface area contributed by atoms with Crippen LogP contribution in [0.25, 0.3) is 0 Å². The van der Waals surface area contributed by atoms with E-state index in [2.05, 4.69) is 24.4 Å². The third kappa shape index (κ3) is 4.95. The SMILES string of the molecule is COc1ccc(CC(=O)NN=C(c2ccccc2)C(C)C)cc1. The Morgan fingerprint density at radius 2 is 1.74 bits per heavy atom. The van der Waals surface area contributed by atoms with Crippen LogP contribution in [0.5, 0.6) is 5.75 Å². The zero-order chi connectivity index (χ0) is 16.7. The fraction of sp³-hybridized carbons (Fsp3) is 0.263. The van der Waals surface area contributed by atoms with Gasteiger partial charge in [0.2, 0.25) is 5.91 Å². The molecule has 0 aliphatic heterocycles. The second-order valence-corrected chi connectivity index (χ2v) is 5.58. The van der Waals surface area contributed by atoms with Gasteiger partial charge >= 0.3 is 0 Å². The summed E-state index contributed by atoms with van der Waals surface area (Å²) in [5, 5.41) is 4.32. The van der Waals surface area contributed by atoms with Crippen LogP contribution in [0.1, 0.15) is 25.0 Å². The van der Waals surface area contributed by atoms with Gasteiger partial charge in [-0.2, -0.15) is 5.10 Å². The minimum atomic E-state index is -0.135. The van der Waals surface area contributed by atoms with Gasteiger partial charge in [-0.1, -0.05) is 56.3 Å². The zero-order valence-corrected chi connectivity index (χ0v) is 13.7. The minimum absolute atomic E-state index is 0.135. The minimum Gasteiger partial charge on any atom is -0.497 e. The molecule has 0 aliphatic carbocycles. The van der Waals surface area contributed by atoms with Gasteiger partial charge in [-0.3, -0.25) is 4.79 Å². The molecule has 1 N–H and O–H groups in total. The van der Waals surface area contributed by atoms with Gasteiger partial charge < -0.3 is 4.74 Å². The van der Waals surface area contributed by atoms with Gasteiger partial charge in [0.05, 0.1) is 19.2 Å². The molecule has 0 aliphatic rings. The van der Waals surface area contributed by atoms with Crippen LogP contribution in [-0.4, -0.2) is 18.7 Å². The molecule has 2 rings (SSSR count). The van der Waals surface area contributed by atoms with Crippen LogP contribution in [0.15, 0.2) is 59.7 Å². The van der Waals surface area contributed by atoms with Crippen molar-refractivity contribution in [2.75, 3.05) is 7.11 Å². The Morgan fingerprint density at radius 3 is 2.30 bits per heavy atom. The van der Waals surface area contributed by atoms with Crippen molar-refractivity contribution in [3.63, 3.8) is 0 Å². The third-order valence-electron chi connectivity index (χ3n) is 3.44. The van der Waals surface area contributed by atoms with E-state index in [1.807, 2.05) is 54.6 Å². The van der Waals surface area contributed by atoms with Crippen LogP contribution in [-0.2, 0) is 11.2 Å². The Labute approximate surface area is 137 Å². The highest BCUT2D eigenvalue weighted by Gasteiger charge is 2.09. The predicted octanol–water partition coefficient (Wildman–Crippen LogP) is 3.41. The van der Waals surface area contributed by atoms with Gasteiger partial charge in [0.1, 0.15) is 5.75 Å². The second kappa shape index (κ2) is 8.13. The number of rotatable bonds is 6. The fourth-order valence-corrected chi connectivity index (χ4v) is 2.23. The molecule has 120 valence electrons. The Balaban J connectivity index is 2.02. The second-order valence-electron chi connectivity index (χ2n) is 5.58. The van der Waals surface area contributed by atoms with Crippen molar-refractivity contribution >= 4 is 11.6 Å². The quantitative estimate of drug-likeness (QED) is 0.656. The summed E-state index contributed by atoms with van der Waals surface area (Å²) in [6.07, 6.45) is 0.285. The summed E-state index contributed by atoms with van der Waals surface area (Å²) in [6.45, 7) is 4.11. The number of ether oxygens (including phenoxy) is 1. The average Bonchev–Trinajstić information content (AvgIpc) is 2.56. The predicted molar refractivity (Wildman–Crippen MR) is 92.7 cm³/mol. The monoisotopic (exact) mass is 310 g/mol. The summed E-state index contributed by atoms with van der Waals surface area (Å²) in [4.78, 5) is 12.1. The Bertz CT molecular complexity index is 662. The van der Waals surface area contributed by atoms with E-state index in [1.54, 1.807) is 7.11 Å². The Morgan fingerprint density at radius 1 is 1.09 bits per heavy atom. The molecular formula is C19H22N2O2. The van der Waals surface area contributed by atoms with Gasteiger partial charge in [-0.15, -0.1) is 0 Å². The molecule has 0 unspecified atom stereocenters. The van der Waals surface area contributed by atoms with Crippen LogP contribution in [0.2, 0.25) is 0 Å². The maximum Gasteiger partial charge on any atom is 0.244 e. The normalized spacial score (nSPS) is 11.4. The average molecular weight is 310 g/mol. The largest absolute Gasteiger partial charge is 0.497 e. The summed E-state index contributed by atoms with van der Waals surface area (Å²) < 4.78 is 5.11. The van der Waals surface area contributed by atoms with Crippen LogP contribution in [0.4, 0.5) is 0 Å². The van der Waals surface area contributed by atoms with Gasteiger partial charge in [-0.05, 0) is 29.2 Å². The molecule has 0 aromatic heterocycles. The van der Waals surface area contributed by atoms with Gasteiger partial charge in [0.25, 0.3) is 0 Å². The number of amides is 1. The summed E-state index contributed by atoms with van der Waals surface area (Å²) in [6, 6.07) is 17.3. The molecule has 0 saturated heterocycles. The van der Waals surface area contributed by atoms with E-state index in [0.29, 0.717) is 0 Å². The molecule has 2 aromatic rings. The molecule has 0 spiro atoms. The summed E-state index contributed by atoms with van der Waals surface area (Å²) in [5.41, 5.74) is 5.47. The topological polar surface area (TPSA) is 50.7 Å². The maximum atomic E-state index is 12.1. The number of hydrogen-bond donors (Lipinski definition) is 1. The van der Waals surface area contributed by atoms with Crippen molar-refractivity contribution in [2.45, 2.75) is 20.3 Å². The highest BCUT2D eigenvalue weighted by Crippen LogP contribution is 2.12. The number of carbonyl (C=O) groups is 1. The first-order valence-electron chi connectivity index (χ1n) is 7.65. The van der Waals surface area contributed by atoms with E-state index in [-0.39, 0.29) is 18.2 Å². The highest BCUT2D eigenvalue weighted by molar-refractivity contribution is 6.02. The van der Waals surface area contributed by atoms with Crippen molar-refractivity contribution < 1.29 is 9.53 Å². The van der Waals surface area contributed by atoms with Crippen LogP contribution < -0.4 is 10.2 Å². The molecule has 0 heterocycles. The summed E-state index contributed by atoms with van der Waals surface area (Å²) in [7, 11) is 1.62. The summed E-state index contributed by atoms with van der Waals surface area (Å²) >= 11 is 0. The molecular weight excluding hydrogens is 288 g/mol. The molecule has 4 heteroatoms. The van der Waals surface area contributed by atoms with E-state index in [0.717, 1.165) is 22.6 Å². The maximum absolute atomic E-state index is 12.1. The molecule has 23 heavy (non-hydrogen) atoms. The lowest BCUT2D eigenvalue weighted by molar-refractivity contribution is -0.120. The lowest BCUT2D eigenvalue weighted by Crippen LogP contribution is -2.23. The number of benzene rings is 2. The number of hydrazone groups is 1. The number of carbonyl (C=O) groups excluding carboxylic acids is 1. The summed E-state index contributed by atoms with van der Waals surface area (Å²) in [5.74, 6) is 0.862. The number of hydrogen-bond acceptors (Lipinski definition) is 3. The van der Waals surface area contributed by atoms with Crippen LogP contribution >= 0.6 is 0 Å². The molecule has 0 radical (unpaired) electrons. The van der Waals surface area contributed by atoms with Crippen molar-refractivity contribution in [1.29, 1.82) is 0 Å². The van der Waals surface area contributed by atoms with Crippen molar-refractivity contribution in [3.8, 4) is 5.75 Å². The number of nitrogens with one attached hydrogen (secondary N) is 1. The standard InChI is InChI=1S/C19H22N2O2/c1-14(2)19(16-7-5-4-6-8-16)21-20-18(22)13-15-9-11-17(23-3)12-10-15/h4-12,14H,13H2,1-3H3,(H,20,22). The van der Waals surface area contributed by atoms with Crippen molar-refractivity contribution in [1.82, 2.24) is 5.43 Å². The molecule has 0 atom stereocenters. The first-order chi connectivity index (χ1) is 11.1. The smallest absolute Gasteiger partial charge is 0.244 e. The molecule has 0 bridgehead atoms. The molecule has 2 aromatic carbocycles. The van der Waals surface area contributed by atoms with Gasteiger partial charge in [-0.25, -0.2) is 5.43 Å². The van der Waals surface area contributed by atoms with E-state index in [9.17, 15) is 4.79 Å². The third-order valence-corrected chi connectivity index (χ3v) is 3.44. The van der Waals surface area contributed by atoms with Crippen molar-refractivity contribution in [3.05, 3.63) is 65.7 Å². The highest BCUT2D eigenvalue weighted by atomic mass is 16.5. The lowest BCUT2D eigenvalue weighted by atomic mass is 10.0. The van der Waals surface area contributed by atoms with E-state index in [1.165, 1.54) is 0 Å². The van der Waals surface area contributed by atoms with Crippen molar-refractivity contribution in [2.24, 2.45) is 11.0 Å². The molecule has 0 saturated carbocycles. The number of nitrogens with zero attached hydrogens (tertiary/aromatic N) is 1. The Hall–Kier alpha value is -2.62. The van der Waals surface area contributed by atoms with Gasteiger partial charge in [0, 0.05) is 0 Å². The first kappa shape index (κ1) is 16.7. The first-order valence-corrected chi connectivity index (χ1v) is 7.65. The van der Waals surface area contributed by atoms with E-state index in [4.69, 9.17) is 4.74 Å². The zero-order valence-electron chi connectivity index (χ0n) is 13.7. The molecule has 1 amide bonds. The lowest BCUT2D eigenvalue weighted by Gasteiger charge is -2.10. The van der Waals surface area contributed by atoms with Gasteiger partial charge in [0.15, 0.2) is 0 Å². The Kier molecular flexibility index (Phi) is 5.92. The van der Waals surface area contributed by atoms with E-state index >= 15 is 0 Å². The van der Waals surface area contributed by atoms with Crippen LogP contribution in [0, 0.1) is 5.92 Å². The number of methoxy groups -OCH3 is 1. The van der Waals surface area contributed by atoms with E-state index < -0.39 is 0 Å². The fourth-order valence-electron chi connectivity index (χ4n) is 2.23. The van der Waals surface area contributed by atoms with Crippen LogP contribution in [0.3, 0.4) is 0 Å².